The molecule has 0 saturated carbocycles. The van der Waals surface area contributed by atoms with Crippen molar-refractivity contribution < 1.29 is 5.11 Å². The molecule has 0 unspecified atom stereocenters. The first-order chi connectivity index (χ1) is 8.09. The van der Waals surface area contributed by atoms with Crippen LogP contribution in [0, 0.1) is 0 Å². The minimum Gasteiger partial charge on any atom is -0.393 e. The molecule has 90 valence electrons. The molecule has 0 aliphatic heterocycles. The third-order valence-corrected chi connectivity index (χ3v) is 2.65. The van der Waals surface area contributed by atoms with Gasteiger partial charge in [0.2, 0.25) is 0 Å². The van der Waals surface area contributed by atoms with Gasteiger partial charge in [0.25, 0.3) is 11.1 Å². The molecule has 2 rings (SSSR count). The number of nitrogens with one attached hydrogen (secondary N) is 1. The second-order valence-corrected chi connectivity index (χ2v) is 4.08. The molecule has 0 fully saturated rings. The van der Waals surface area contributed by atoms with Crippen LogP contribution in [0.4, 0.5) is 0 Å². The van der Waals surface area contributed by atoms with Crippen molar-refractivity contribution in [2.24, 2.45) is 0 Å². The smallest absolute Gasteiger partial charge is 0.273 e. The second-order valence-electron chi connectivity index (χ2n) is 4.08. The van der Waals surface area contributed by atoms with E-state index in [-0.39, 0.29) is 11.1 Å². The van der Waals surface area contributed by atoms with Gasteiger partial charge in [-0.15, -0.1) is 0 Å². The second kappa shape index (κ2) is 4.55. The van der Waals surface area contributed by atoms with E-state index >= 15 is 0 Å². The molecule has 5 nitrogen and oxygen atoms in total. The third kappa shape index (κ3) is 2.29. The van der Waals surface area contributed by atoms with Gasteiger partial charge in [0, 0.05) is 6.54 Å². The number of H-pyrrole nitrogens is 1. The van der Waals surface area contributed by atoms with Gasteiger partial charge in [0.15, 0.2) is 0 Å². The number of benzene rings is 1. The van der Waals surface area contributed by atoms with E-state index < -0.39 is 6.10 Å². The summed E-state index contributed by atoms with van der Waals surface area (Å²) in [6.07, 6.45) is -0.0781. The predicted octanol–water partition coefficient (Wildman–Crippen LogP) is 0.461. The fourth-order valence-electron chi connectivity index (χ4n) is 1.72. The molecule has 0 bridgehead atoms. The molecular formula is C12H14N2O3. The summed E-state index contributed by atoms with van der Waals surface area (Å²) in [5, 5.41) is 12.5. The summed E-state index contributed by atoms with van der Waals surface area (Å²) in [7, 11) is 0. The van der Waals surface area contributed by atoms with E-state index in [9.17, 15) is 14.7 Å². The summed E-state index contributed by atoms with van der Waals surface area (Å²) >= 11 is 0. The van der Waals surface area contributed by atoms with E-state index in [4.69, 9.17) is 0 Å². The zero-order valence-electron chi connectivity index (χ0n) is 9.51. The van der Waals surface area contributed by atoms with Gasteiger partial charge in [-0.2, -0.15) is 0 Å². The van der Waals surface area contributed by atoms with Gasteiger partial charge in [0.1, 0.15) is 0 Å². The monoisotopic (exact) mass is 234 g/mol. The Morgan fingerprint density at radius 1 is 1.29 bits per heavy atom. The Morgan fingerprint density at radius 2 is 1.94 bits per heavy atom. The average Bonchev–Trinajstić information content (AvgIpc) is 2.32. The highest BCUT2D eigenvalue weighted by Crippen LogP contribution is 2.02. The van der Waals surface area contributed by atoms with Crippen molar-refractivity contribution in [3.8, 4) is 0 Å². The first-order valence-electron chi connectivity index (χ1n) is 5.49. The van der Waals surface area contributed by atoms with E-state index in [0.29, 0.717) is 23.7 Å². The standard InChI is InChI=1S/C12H14N2O3/c1-8(15)6-7-14-12(17)10-5-3-2-4-9(10)11(16)13-14/h2-5,8,15H,6-7H2,1H3,(H,13,16)/t8-/m1/s1. The van der Waals surface area contributed by atoms with Gasteiger partial charge in [-0.3, -0.25) is 14.7 Å². The van der Waals surface area contributed by atoms with Crippen molar-refractivity contribution in [2.75, 3.05) is 0 Å². The number of aliphatic hydroxyl groups excluding tert-OH is 1. The van der Waals surface area contributed by atoms with Crippen molar-refractivity contribution in [3.63, 3.8) is 0 Å². The highest BCUT2D eigenvalue weighted by atomic mass is 16.3. The molecule has 2 aromatic rings. The van der Waals surface area contributed by atoms with Crippen molar-refractivity contribution in [1.29, 1.82) is 0 Å². The molecule has 0 aliphatic rings. The minimum atomic E-state index is -0.503. The molecule has 1 aromatic heterocycles. The van der Waals surface area contributed by atoms with Crippen molar-refractivity contribution in [3.05, 3.63) is 45.0 Å². The van der Waals surface area contributed by atoms with Crippen LogP contribution in [0.25, 0.3) is 10.8 Å². The van der Waals surface area contributed by atoms with E-state index in [1.54, 1.807) is 31.2 Å². The Morgan fingerprint density at radius 3 is 2.59 bits per heavy atom. The Kier molecular flexibility index (Phi) is 3.10. The van der Waals surface area contributed by atoms with Gasteiger partial charge in [0.05, 0.1) is 16.9 Å². The summed E-state index contributed by atoms with van der Waals surface area (Å²) in [4.78, 5) is 23.7. The molecule has 0 radical (unpaired) electrons. The van der Waals surface area contributed by atoms with Crippen LogP contribution in [-0.2, 0) is 6.54 Å². The van der Waals surface area contributed by atoms with Crippen molar-refractivity contribution in [1.82, 2.24) is 9.78 Å². The molecule has 5 heteroatoms. The van der Waals surface area contributed by atoms with Crippen LogP contribution in [0.5, 0.6) is 0 Å². The van der Waals surface area contributed by atoms with Crippen LogP contribution in [0.15, 0.2) is 33.9 Å². The maximum Gasteiger partial charge on any atom is 0.273 e. The highest BCUT2D eigenvalue weighted by molar-refractivity contribution is 5.80. The average molecular weight is 234 g/mol. The van der Waals surface area contributed by atoms with Gasteiger partial charge in [-0.25, -0.2) is 4.68 Å². The Hall–Kier alpha value is -1.88. The maximum atomic E-state index is 12.0. The lowest BCUT2D eigenvalue weighted by Gasteiger charge is -2.08. The van der Waals surface area contributed by atoms with E-state index in [1.807, 2.05) is 0 Å². The van der Waals surface area contributed by atoms with E-state index in [1.165, 1.54) is 4.68 Å². The molecule has 1 atom stereocenters. The van der Waals surface area contributed by atoms with Crippen LogP contribution in [0.1, 0.15) is 13.3 Å². The van der Waals surface area contributed by atoms with E-state index in [0.717, 1.165) is 0 Å². The van der Waals surface area contributed by atoms with Gasteiger partial charge < -0.3 is 5.11 Å². The van der Waals surface area contributed by atoms with E-state index in [2.05, 4.69) is 5.10 Å². The number of fused-ring (bicyclic) bond motifs is 1. The number of aromatic nitrogens is 2. The van der Waals surface area contributed by atoms with Gasteiger partial charge in [-0.05, 0) is 25.5 Å². The summed E-state index contributed by atoms with van der Waals surface area (Å²) in [6.45, 7) is 1.95. The number of aromatic amines is 1. The maximum absolute atomic E-state index is 12.0. The van der Waals surface area contributed by atoms with Crippen LogP contribution in [0.3, 0.4) is 0 Å². The summed E-state index contributed by atoms with van der Waals surface area (Å²) in [5.74, 6) is 0. The van der Waals surface area contributed by atoms with Crippen LogP contribution in [0.2, 0.25) is 0 Å². The van der Waals surface area contributed by atoms with Crippen LogP contribution in [-0.4, -0.2) is 21.0 Å². The first kappa shape index (κ1) is 11.6. The fourth-order valence-corrected chi connectivity index (χ4v) is 1.72. The first-order valence-corrected chi connectivity index (χ1v) is 5.49. The number of rotatable bonds is 3. The number of hydrogen-bond donors (Lipinski definition) is 2. The lowest BCUT2D eigenvalue weighted by atomic mass is 10.2. The molecule has 0 amide bonds. The quantitative estimate of drug-likeness (QED) is 0.810. The lowest BCUT2D eigenvalue weighted by Crippen LogP contribution is -2.30. The summed E-state index contributed by atoms with van der Waals surface area (Å²) in [6, 6.07) is 6.69. The largest absolute Gasteiger partial charge is 0.393 e. The Bertz CT molecular complexity index is 640. The lowest BCUT2D eigenvalue weighted by molar-refractivity contribution is 0.175. The molecule has 17 heavy (non-hydrogen) atoms. The third-order valence-electron chi connectivity index (χ3n) is 2.65. The molecule has 0 aliphatic carbocycles. The predicted molar refractivity (Wildman–Crippen MR) is 65.1 cm³/mol. The summed E-state index contributed by atoms with van der Waals surface area (Å²) in [5.41, 5.74) is -0.522. The number of aryl methyl sites for hydroxylation is 1. The highest BCUT2D eigenvalue weighted by Gasteiger charge is 2.06. The summed E-state index contributed by atoms with van der Waals surface area (Å²) < 4.78 is 1.25. The minimum absolute atomic E-state index is 0.235. The normalized spacial score (nSPS) is 12.8. The molecule has 0 saturated heterocycles. The van der Waals surface area contributed by atoms with Gasteiger partial charge >= 0.3 is 0 Å². The molecule has 0 spiro atoms. The van der Waals surface area contributed by atoms with Crippen LogP contribution >= 0.6 is 0 Å². The van der Waals surface area contributed by atoms with Crippen LogP contribution < -0.4 is 11.1 Å². The number of nitrogens with zero attached hydrogens (tertiary/aromatic N) is 1. The van der Waals surface area contributed by atoms with Crippen molar-refractivity contribution >= 4 is 10.8 Å². The Labute approximate surface area is 97.3 Å². The molecule has 2 N–H and O–H groups in total. The molecular weight excluding hydrogens is 220 g/mol. The molecule has 1 aromatic carbocycles. The number of hydrogen-bond acceptors (Lipinski definition) is 3. The molecule has 1 heterocycles. The fraction of sp³-hybridized carbons (Fsp3) is 0.333. The van der Waals surface area contributed by atoms with Crippen molar-refractivity contribution in [2.45, 2.75) is 26.0 Å². The number of aliphatic hydroxyl groups is 1. The zero-order valence-corrected chi connectivity index (χ0v) is 9.51. The topological polar surface area (TPSA) is 75.1 Å². The zero-order chi connectivity index (χ0) is 12.4. The van der Waals surface area contributed by atoms with Gasteiger partial charge in [-0.1, -0.05) is 12.1 Å². The SMILES string of the molecule is C[C@@H](O)CCn1[nH]c(=O)c2ccccc2c1=O. The Balaban J connectivity index is 2.56.